The predicted octanol–water partition coefficient (Wildman–Crippen LogP) is 1.65. The van der Waals surface area contributed by atoms with Gasteiger partial charge in [0.15, 0.2) is 0 Å². The van der Waals surface area contributed by atoms with Crippen LogP contribution in [0.15, 0.2) is 24.3 Å². The number of hydrogen-bond donors (Lipinski definition) is 1. The van der Waals surface area contributed by atoms with Crippen molar-refractivity contribution in [3.63, 3.8) is 0 Å². The first-order valence-electron chi connectivity index (χ1n) is 6.40. The van der Waals surface area contributed by atoms with E-state index in [1.165, 1.54) is 19.4 Å². The summed E-state index contributed by atoms with van der Waals surface area (Å²) in [6.07, 6.45) is 3.55. The van der Waals surface area contributed by atoms with Gasteiger partial charge in [0.1, 0.15) is 5.75 Å². The van der Waals surface area contributed by atoms with Crippen molar-refractivity contribution in [3.8, 4) is 5.75 Å². The van der Waals surface area contributed by atoms with Crippen LogP contribution in [0.25, 0.3) is 0 Å². The third-order valence-electron chi connectivity index (χ3n) is 3.51. The monoisotopic (exact) mass is 248 g/mol. The topological polar surface area (TPSA) is 55.6 Å². The fourth-order valence-electron chi connectivity index (χ4n) is 2.40. The molecule has 0 radical (unpaired) electrons. The van der Waals surface area contributed by atoms with Crippen molar-refractivity contribution in [2.45, 2.75) is 25.3 Å². The molecular weight excluding hydrogens is 228 g/mol. The van der Waals surface area contributed by atoms with Crippen LogP contribution in [-0.2, 0) is 0 Å². The number of carbonyl (C=O) groups is 1. The molecule has 1 aliphatic heterocycles. The molecule has 4 heteroatoms. The van der Waals surface area contributed by atoms with Gasteiger partial charge in [0.25, 0.3) is 0 Å². The van der Waals surface area contributed by atoms with Crippen molar-refractivity contribution in [3.05, 3.63) is 29.8 Å². The van der Waals surface area contributed by atoms with E-state index in [0.29, 0.717) is 24.0 Å². The van der Waals surface area contributed by atoms with Crippen molar-refractivity contribution >= 4 is 5.91 Å². The Bertz CT molecular complexity index is 420. The molecular formula is C14H20N2O2. The van der Waals surface area contributed by atoms with Gasteiger partial charge in [-0.25, -0.2) is 0 Å². The lowest BCUT2D eigenvalue weighted by Crippen LogP contribution is -2.26. The van der Waals surface area contributed by atoms with Crippen LogP contribution >= 0.6 is 0 Å². The standard InChI is InChI=1S/C14H20N2O2/c1-16-8-3-5-12(16)7-9-18-13-6-2-4-11(10-13)14(15)17/h2,4,6,10,12H,3,5,7-9H2,1H3,(H2,15,17). The third-order valence-corrected chi connectivity index (χ3v) is 3.51. The molecule has 1 heterocycles. The molecule has 1 aromatic carbocycles. The van der Waals surface area contributed by atoms with E-state index in [1.807, 2.05) is 6.07 Å². The number of ether oxygens (including phenoxy) is 1. The Morgan fingerprint density at radius 2 is 2.39 bits per heavy atom. The van der Waals surface area contributed by atoms with Crippen LogP contribution in [0, 0.1) is 0 Å². The van der Waals surface area contributed by atoms with Gasteiger partial charge in [-0.1, -0.05) is 6.07 Å². The van der Waals surface area contributed by atoms with Gasteiger partial charge in [-0.15, -0.1) is 0 Å². The molecule has 1 saturated heterocycles. The maximum Gasteiger partial charge on any atom is 0.248 e. The van der Waals surface area contributed by atoms with E-state index in [9.17, 15) is 4.79 Å². The Kier molecular flexibility index (Phi) is 4.20. The second-order valence-corrected chi connectivity index (χ2v) is 4.81. The summed E-state index contributed by atoms with van der Waals surface area (Å²) < 4.78 is 5.67. The molecule has 4 nitrogen and oxygen atoms in total. The molecule has 1 aliphatic rings. The molecule has 98 valence electrons. The molecule has 0 aromatic heterocycles. The van der Waals surface area contributed by atoms with E-state index in [2.05, 4.69) is 11.9 Å². The maximum atomic E-state index is 11.0. The number of amides is 1. The SMILES string of the molecule is CN1CCCC1CCOc1cccc(C(N)=O)c1. The Labute approximate surface area is 108 Å². The van der Waals surface area contributed by atoms with Crippen molar-refractivity contribution in [1.82, 2.24) is 4.90 Å². The molecule has 0 saturated carbocycles. The van der Waals surface area contributed by atoms with Gasteiger partial charge in [-0.2, -0.15) is 0 Å². The molecule has 0 spiro atoms. The van der Waals surface area contributed by atoms with Gasteiger partial charge in [0.2, 0.25) is 5.91 Å². The summed E-state index contributed by atoms with van der Waals surface area (Å²) in [6.45, 7) is 1.86. The molecule has 1 unspecified atom stereocenters. The van der Waals surface area contributed by atoms with Gasteiger partial charge >= 0.3 is 0 Å². The van der Waals surface area contributed by atoms with Crippen LogP contribution in [0.1, 0.15) is 29.6 Å². The first-order chi connectivity index (χ1) is 8.66. The number of primary amides is 1. The van der Waals surface area contributed by atoms with E-state index in [1.54, 1.807) is 18.2 Å². The second kappa shape index (κ2) is 5.87. The summed E-state index contributed by atoms with van der Waals surface area (Å²) in [5, 5.41) is 0. The fourth-order valence-corrected chi connectivity index (χ4v) is 2.40. The molecule has 18 heavy (non-hydrogen) atoms. The maximum absolute atomic E-state index is 11.0. The van der Waals surface area contributed by atoms with Crippen molar-refractivity contribution in [2.75, 3.05) is 20.2 Å². The minimum atomic E-state index is -0.420. The van der Waals surface area contributed by atoms with Crippen molar-refractivity contribution < 1.29 is 9.53 Å². The van der Waals surface area contributed by atoms with Crippen LogP contribution in [0.4, 0.5) is 0 Å². The zero-order valence-electron chi connectivity index (χ0n) is 10.8. The predicted molar refractivity (Wildman–Crippen MR) is 70.7 cm³/mol. The van der Waals surface area contributed by atoms with Crippen LogP contribution in [0.2, 0.25) is 0 Å². The lowest BCUT2D eigenvalue weighted by atomic mass is 10.1. The first-order valence-corrected chi connectivity index (χ1v) is 6.40. The number of nitrogens with two attached hydrogens (primary N) is 1. The van der Waals surface area contributed by atoms with Crippen LogP contribution in [0.5, 0.6) is 5.75 Å². The minimum absolute atomic E-state index is 0.420. The summed E-state index contributed by atoms with van der Waals surface area (Å²) >= 11 is 0. The highest BCUT2D eigenvalue weighted by molar-refractivity contribution is 5.93. The molecule has 0 aliphatic carbocycles. The Morgan fingerprint density at radius 1 is 1.56 bits per heavy atom. The fraction of sp³-hybridized carbons (Fsp3) is 0.500. The molecule has 2 rings (SSSR count). The minimum Gasteiger partial charge on any atom is -0.494 e. The largest absolute Gasteiger partial charge is 0.494 e. The first kappa shape index (κ1) is 12.9. The summed E-state index contributed by atoms with van der Waals surface area (Å²) in [4.78, 5) is 13.4. The van der Waals surface area contributed by atoms with E-state index in [-0.39, 0.29) is 0 Å². The number of likely N-dealkylation sites (tertiary alicyclic amines) is 1. The number of benzene rings is 1. The van der Waals surface area contributed by atoms with Crippen molar-refractivity contribution in [1.29, 1.82) is 0 Å². The van der Waals surface area contributed by atoms with Crippen LogP contribution in [0.3, 0.4) is 0 Å². The smallest absolute Gasteiger partial charge is 0.248 e. The number of hydrogen-bond acceptors (Lipinski definition) is 3. The summed E-state index contributed by atoms with van der Waals surface area (Å²) in [6, 6.07) is 7.66. The van der Waals surface area contributed by atoms with E-state index >= 15 is 0 Å². The van der Waals surface area contributed by atoms with Gasteiger partial charge in [0, 0.05) is 11.6 Å². The van der Waals surface area contributed by atoms with E-state index in [4.69, 9.17) is 10.5 Å². The number of rotatable bonds is 5. The van der Waals surface area contributed by atoms with Crippen LogP contribution < -0.4 is 10.5 Å². The Balaban J connectivity index is 1.83. The number of nitrogens with zero attached hydrogens (tertiary/aromatic N) is 1. The summed E-state index contributed by atoms with van der Waals surface area (Å²) in [5.41, 5.74) is 5.72. The van der Waals surface area contributed by atoms with Crippen LogP contribution in [-0.4, -0.2) is 37.0 Å². The van der Waals surface area contributed by atoms with Gasteiger partial charge in [-0.05, 0) is 51.1 Å². The average Bonchev–Trinajstić information content (AvgIpc) is 2.76. The highest BCUT2D eigenvalue weighted by Crippen LogP contribution is 2.19. The van der Waals surface area contributed by atoms with E-state index in [0.717, 1.165) is 6.42 Å². The highest BCUT2D eigenvalue weighted by Gasteiger charge is 2.20. The highest BCUT2D eigenvalue weighted by atomic mass is 16.5. The van der Waals surface area contributed by atoms with Gasteiger partial charge < -0.3 is 15.4 Å². The summed E-state index contributed by atoms with van der Waals surface area (Å²) in [5.74, 6) is 0.294. The number of carbonyl (C=O) groups excluding carboxylic acids is 1. The zero-order valence-corrected chi connectivity index (χ0v) is 10.8. The lowest BCUT2D eigenvalue weighted by molar-refractivity contribution is 0.1000. The lowest BCUT2D eigenvalue weighted by Gasteiger charge is -2.19. The van der Waals surface area contributed by atoms with E-state index < -0.39 is 5.91 Å². The normalized spacial score (nSPS) is 19.9. The quantitative estimate of drug-likeness (QED) is 0.862. The average molecular weight is 248 g/mol. The summed E-state index contributed by atoms with van der Waals surface area (Å²) in [7, 11) is 2.16. The molecule has 1 fully saturated rings. The Hall–Kier alpha value is -1.55. The molecule has 1 amide bonds. The molecule has 1 atom stereocenters. The van der Waals surface area contributed by atoms with Crippen molar-refractivity contribution in [2.24, 2.45) is 5.73 Å². The van der Waals surface area contributed by atoms with Gasteiger partial charge in [0.05, 0.1) is 6.61 Å². The Morgan fingerprint density at radius 3 is 3.06 bits per heavy atom. The zero-order chi connectivity index (χ0) is 13.0. The molecule has 1 aromatic rings. The molecule has 0 bridgehead atoms. The van der Waals surface area contributed by atoms with Gasteiger partial charge in [-0.3, -0.25) is 4.79 Å². The second-order valence-electron chi connectivity index (χ2n) is 4.81. The molecule has 2 N–H and O–H groups in total. The third kappa shape index (κ3) is 3.23.